The molecule has 1 unspecified atom stereocenters. The van der Waals surface area contributed by atoms with Gasteiger partial charge in [-0.3, -0.25) is 0 Å². The minimum absolute atomic E-state index is 0.770. The summed E-state index contributed by atoms with van der Waals surface area (Å²) in [6, 6.07) is 0.770. The van der Waals surface area contributed by atoms with Crippen LogP contribution in [0.1, 0.15) is 39.5 Å². The minimum atomic E-state index is 0.770. The Balaban J connectivity index is 2.19. The van der Waals surface area contributed by atoms with E-state index in [9.17, 15) is 0 Å². The van der Waals surface area contributed by atoms with Crippen LogP contribution < -0.4 is 5.32 Å². The molecule has 0 amide bonds. The standard InChI is InChI=1S/C11H24N2/c1-3-5-8-13-9-6-11(4-2)12-7-10-13/h11-12H,3-10H2,1-2H3. The highest BCUT2D eigenvalue weighted by atomic mass is 15.2. The SMILES string of the molecule is CCCCN1CCNC(CC)CC1. The maximum atomic E-state index is 3.60. The quantitative estimate of drug-likeness (QED) is 0.717. The Morgan fingerprint density at radius 1 is 1.31 bits per heavy atom. The molecule has 1 aliphatic heterocycles. The molecular formula is C11H24N2. The molecule has 1 atom stereocenters. The summed E-state index contributed by atoms with van der Waals surface area (Å²) in [6.45, 7) is 9.57. The van der Waals surface area contributed by atoms with Crippen molar-refractivity contribution in [2.75, 3.05) is 26.2 Å². The van der Waals surface area contributed by atoms with Crippen molar-refractivity contribution in [3.8, 4) is 0 Å². The lowest BCUT2D eigenvalue weighted by Gasteiger charge is -2.18. The third kappa shape index (κ3) is 4.10. The van der Waals surface area contributed by atoms with Gasteiger partial charge in [0.25, 0.3) is 0 Å². The first kappa shape index (κ1) is 11.0. The largest absolute Gasteiger partial charge is 0.313 e. The Kier molecular flexibility index (Phi) is 5.40. The van der Waals surface area contributed by atoms with Crippen molar-refractivity contribution in [3.63, 3.8) is 0 Å². The van der Waals surface area contributed by atoms with Gasteiger partial charge in [0.05, 0.1) is 0 Å². The molecular weight excluding hydrogens is 160 g/mol. The van der Waals surface area contributed by atoms with Crippen LogP contribution in [0.15, 0.2) is 0 Å². The van der Waals surface area contributed by atoms with Gasteiger partial charge in [0.2, 0.25) is 0 Å². The Bertz CT molecular complexity index is 125. The van der Waals surface area contributed by atoms with Crippen molar-refractivity contribution in [3.05, 3.63) is 0 Å². The van der Waals surface area contributed by atoms with E-state index in [4.69, 9.17) is 0 Å². The van der Waals surface area contributed by atoms with E-state index in [1.165, 1.54) is 51.9 Å². The molecule has 2 nitrogen and oxygen atoms in total. The molecule has 1 heterocycles. The monoisotopic (exact) mass is 184 g/mol. The van der Waals surface area contributed by atoms with Crippen LogP contribution in [0.5, 0.6) is 0 Å². The van der Waals surface area contributed by atoms with Crippen molar-refractivity contribution in [1.29, 1.82) is 0 Å². The smallest absolute Gasteiger partial charge is 0.0107 e. The zero-order valence-corrected chi connectivity index (χ0v) is 9.18. The molecule has 0 aromatic carbocycles. The van der Waals surface area contributed by atoms with Crippen molar-refractivity contribution in [2.45, 2.75) is 45.6 Å². The number of unbranched alkanes of at least 4 members (excludes halogenated alkanes) is 1. The molecule has 1 rings (SSSR count). The molecule has 0 aliphatic carbocycles. The van der Waals surface area contributed by atoms with Gasteiger partial charge < -0.3 is 10.2 Å². The lowest BCUT2D eigenvalue weighted by Crippen LogP contribution is -2.30. The van der Waals surface area contributed by atoms with Crippen LogP contribution in [0, 0.1) is 0 Å². The van der Waals surface area contributed by atoms with E-state index in [2.05, 4.69) is 24.1 Å². The second kappa shape index (κ2) is 6.39. The van der Waals surface area contributed by atoms with Gasteiger partial charge in [0.1, 0.15) is 0 Å². The first-order chi connectivity index (χ1) is 6.36. The van der Waals surface area contributed by atoms with Gasteiger partial charge in [-0.2, -0.15) is 0 Å². The van der Waals surface area contributed by atoms with Crippen LogP contribution in [-0.2, 0) is 0 Å². The number of hydrogen-bond donors (Lipinski definition) is 1. The van der Waals surface area contributed by atoms with Crippen LogP contribution >= 0.6 is 0 Å². The molecule has 78 valence electrons. The van der Waals surface area contributed by atoms with Crippen molar-refractivity contribution < 1.29 is 0 Å². The molecule has 0 saturated carbocycles. The van der Waals surface area contributed by atoms with Gasteiger partial charge >= 0.3 is 0 Å². The maximum absolute atomic E-state index is 3.60. The molecule has 1 aliphatic rings. The predicted molar refractivity (Wildman–Crippen MR) is 58.0 cm³/mol. The number of rotatable bonds is 4. The molecule has 1 N–H and O–H groups in total. The molecule has 0 aromatic rings. The van der Waals surface area contributed by atoms with Gasteiger partial charge in [-0.25, -0.2) is 0 Å². The second-order valence-corrected chi connectivity index (χ2v) is 4.04. The Morgan fingerprint density at radius 3 is 2.85 bits per heavy atom. The lowest BCUT2D eigenvalue weighted by molar-refractivity contribution is 0.285. The molecule has 0 radical (unpaired) electrons. The van der Waals surface area contributed by atoms with E-state index in [1.54, 1.807) is 0 Å². The van der Waals surface area contributed by atoms with Crippen LogP contribution in [0.25, 0.3) is 0 Å². The molecule has 1 saturated heterocycles. The summed E-state index contributed by atoms with van der Waals surface area (Å²) >= 11 is 0. The van der Waals surface area contributed by atoms with Gasteiger partial charge in [0.15, 0.2) is 0 Å². The molecule has 2 heteroatoms. The summed E-state index contributed by atoms with van der Waals surface area (Å²) in [5, 5.41) is 3.60. The van der Waals surface area contributed by atoms with Gasteiger partial charge in [-0.15, -0.1) is 0 Å². The minimum Gasteiger partial charge on any atom is -0.313 e. The summed E-state index contributed by atoms with van der Waals surface area (Å²) in [5.74, 6) is 0. The van der Waals surface area contributed by atoms with E-state index in [1.807, 2.05) is 0 Å². The second-order valence-electron chi connectivity index (χ2n) is 4.04. The highest BCUT2D eigenvalue weighted by Crippen LogP contribution is 2.05. The summed E-state index contributed by atoms with van der Waals surface area (Å²) in [7, 11) is 0. The fourth-order valence-electron chi connectivity index (χ4n) is 1.93. The summed E-state index contributed by atoms with van der Waals surface area (Å²) in [4.78, 5) is 2.60. The Hall–Kier alpha value is -0.0800. The summed E-state index contributed by atoms with van der Waals surface area (Å²) in [6.07, 6.45) is 5.29. The summed E-state index contributed by atoms with van der Waals surface area (Å²) < 4.78 is 0. The van der Waals surface area contributed by atoms with Gasteiger partial charge in [-0.05, 0) is 32.4 Å². The number of hydrogen-bond acceptors (Lipinski definition) is 2. The molecule has 0 spiro atoms. The molecule has 0 bridgehead atoms. The highest BCUT2D eigenvalue weighted by Gasteiger charge is 2.13. The van der Waals surface area contributed by atoms with E-state index >= 15 is 0 Å². The van der Waals surface area contributed by atoms with Crippen LogP contribution in [0.4, 0.5) is 0 Å². The highest BCUT2D eigenvalue weighted by molar-refractivity contribution is 4.73. The fraction of sp³-hybridized carbons (Fsp3) is 1.00. The van der Waals surface area contributed by atoms with Crippen molar-refractivity contribution in [1.82, 2.24) is 10.2 Å². The van der Waals surface area contributed by atoms with Crippen LogP contribution in [0.2, 0.25) is 0 Å². The van der Waals surface area contributed by atoms with Crippen LogP contribution in [0.3, 0.4) is 0 Å². The fourth-order valence-corrected chi connectivity index (χ4v) is 1.93. The van der Waals surface area contributed by atoms with E-state index in [-0.39, 0.29) is 0 Å². The van der Waals surface area contributed by atoms with E-state index in [0.29, 0.717) is 0 Å². The van der Waals surface area contributed by atoms with Crippen LogP contribution in [-0.4, -0.2) is 37.1 Å². The maximum Gasteiger partial charge on any atom is 0.0107 e. The average Bonchev–Trinajstić information content (AvgIpc) is 2.39. The Labute approximate surface area is 82.7 Å². The third-order valence-corrected chi connectivity index (χ3v) is 2.98. The first-order valence-corrected chi connectivity index (χ1v) is 5.82. The van der Waals surface area contributed by atoms with E-state index in [0.717, 1.165) is 6.04 Å². The van der Waals surface area contributed by atoms with Gasteiger partial charge in [0, 0.05) is 19.1 Å². The Morgan fingerprint density at radius 2 is 2.15 bits per heavy atom. The molecule has 0 aromatic heterocycles. The third-order valence-electron chi connectivity index (χ3n) is 2.98. The zero-order chi connectivity index (χ0) is 9.52. The van der Waals surface area contributed by atoms with Gasteiger partial charge in [-0.1, -0.05) is 20.3 Å². The number of nitrogens with zero attached hydrogens (tertiary/aromatic N) is 1. The van der Waals surface area contributed by atoms with E-state index < -0.39 is 0 Å². The number of nitrogens with one attached hydrogen (secondary N) is 1. The summed E-state index contributed by atoms with van der Waals surface area (Å²) in [5.41, 5.74) is 0. The average molecular weight is 184 g/mol. The molecule has 13 heavy (non-hydrogen) atoms. The normalized spacial score (nSPS) is 25.8. The van der Waals surface area contributed by atoms with Crippen molar-refractivity contribution in [2.24, 2.45) is 0 Å². The first-order valence-electron chi connectivity index (χ1n) is 5.82. The predicted octanol–water partition coefficient (Wildman–Crippen LogP) is 1.86. The lowest BCUT2D eigenvalue weighted by atomic mass is 10.1. The topological polar surface area (TPSA) is 15.3 Å². The zero-order valence-electron chi connectivity index (χ0n) is 9.18. The van der Waals surface area contributed by atoms with Crippen molar-refractivity contribution >= 4 is 0 Å². The molecule has 1 fully saturated rings.